The van der Waals surface area contributed by atoms with Gasteiger partial charge in [-0.15, -0.1) is 23.1 Å². The molecule has 1 aromatic heterocycles. The molecule has 1 nitrogen and oxygen atoms in total. The van der Waals surface area contributed by atoms with Crippen LogP contribution in [0.25, 0.3) is 0 Å². The van der Waals surface area contributed by atoms with Gasteiger partial charge >= 0.3 is 0 Å². The Labute approximate surface area is 82.6 Å². The van der Waals surface area contributed by atoms with Gasteiger partial charge in [-0.05, 0) is 11.4 Å². The van der Waals surface area contributed by atoms with Crippen molar-refractivity contribution < 1.29 is 0 Å². The van der Waals surface area contributed by atoms with E-state index in [4.69, 9.17) is 0 Å². The molecule has 0 saturated heterocycles. The lowest BCUT2D eigenvalue weighted by atomic mass is 10.4. The molecule has 0 spiro atoms. The van der Waals surface area contributed by atoms with Crippen LogP contribution in [-0.4, -0.2) is 18.3 Å². The van der Waals surface area contributed by atoms with Crippen molar-refractivity contribution in [3.8, 4) is 0 Å². The minimum atomic E-state index is 0.605. The largest absolute Gasteiger partial charge is 0.314 e. The van der Waals surface area contributed by atoms with E-state index in [1.165, 1.54) is 9.96 Å². The normalized spacial score (nSPS) is 10.9. The molecule has 0 atom stereocenters. The minimum Gasteiger partial charge on any atom is -0.314 e. The monoisotopic (exact) mass is 201 g/mol. The van der Waals surface area contributed by atoms with Crippen LogP contribution >= 0.6 is 23.1 Å². The number of hydrogen-bond donors (Lipinski definition) is 1. The standard InChI is InChI=1S/C9H15NS2/c1-8(2)10-5-7-12-9-4-3-6-11-9/h3-4,6,8,10H,5,7H2,1-2H3. The molecule has 1 heterocycles. The fraction of sp³-hybridized carbons (Fsp3) is 0.556. The van der Waals surface area contributed by atoms with E-state index >= 15 is 0 Å². The summed E-state index contributed by atoms with van der Waals surface area (Å²) < 4.78 is 1.42. The summed E-state index contributed by atoms with van der Waals surface area (Å²) in [5, 5.41) is 5.51. The van der Waals surface area contributed by atoms with E-state index in [0.29, 0.717) is 6.04 Å². The summed E-state index contributed by atoms with van der Waals surface area (Å²) in [5.41, 5.74) is 0. The number of nitrogens with one attached hydrogen (secondary N) is 1. The predicted octanol–water partition coefficient (Wildman–Crippen LogP) is 2.84. The maximum Gasteiger partial charge on any atom is 0.0598 e. The van der Waals surface area contributed by atoms with Crippen molar-refractivity contribution in [2.24, 2.45) is 0 Å². The molecule has 1 rings (SSSR count). The number of hydrogen-bond acceptors (Lipinski definition) is 3. The van der Waals surface area contributed by atoms with Crippen LogP contribution in [0.3, 0.4) is 0 Å². The molecule has 12 heavy (non-hydrogen) atoms. The molecule has 0 aliphatic carbocycles. The summed E-state index contributed by atoms with van der Waals surface area (Å²) >= 11 is 3.74. The lowest BCUT2D eigenvalue weighted by molar-refractivity contribution is 0.616. The summed E-state index contributed by atoms with van der Waals surface area (Å²) in [5.74, 6) is 1.17. The number of thioether (sulfide) groups is 1. The Kier molecular flexibility index (Phi) is 4.73. The molecule has 0 saturated carbocycles. The molecule has 1 N–H and O–H groups in total. The molecule has 0 bridgehead atoms. The van der Waals surface area contributed by atoms with Gasteiger partial charge in [-0.1, -0.05) is 19.9 Å². The van der Waals surface area contributed by atoms with E-state index in [-0.39, 0.29) is 0 Å². The topological polar surface area (TPSA) is 12.0 Å². The van der Waals surface area contributed by atoms with Crippen molar-refractivity contribution in [1.29, 1.82) is 0 Å². The Morgan fingerprint density at radius 1 is 1.58 bits per heavy atom. The van der Waals surface area contributed by atoms with Crippen molar-refractivity contribution in [1.82, 2.24) is 5.32 Å². The van der Waals surface area contributed by atoms with Crippen molar-refractivity contribution >= 4 is 23.1 Å². The zero-order valence-electron chi connectivity index (χ0n) is 7.54. The van der Waals surface area contributed by atoms with Crippen LogP contribution in [-0.2, 0) is 0 Å². The van der Waals surface area contributed by atoms with E-state index in [9.17, 15) is 0 Å². The quantitative estimate of drug-likeness (QED) is 0.581. The fourth-order valence-corrected chi connectivity index (χ4v) is 2.58. The highest BCUT2D eigenvalue weighted by atomic mass is 32.2. The van der Waals surface area contributed by atoms with E-state index in [1.807, 2.05) is 23.1 Å². The number of rotatable bonds is 5. The van der Waals surface area contributed by atoms with Crippen LogP contribution in [0.5, 0.6) is 0 Å². The number of thiophene rings is 1. The molecule has 0 amide bonds. The lowest BCUT2D eigenvalue weighted by Crippen LogP contribution is -2.24. The lowest BCUT2D eigenvalue weighted by Gasteiger charge is -2.06. The van der Waals surface area contributed by atoms with Gasteiger partial charge in [0, 0.05) is 18.3 Å². The molecule has 68 valence electrons. The Balaban J connectivity index is 2.04. The molecule has 0 radical (unpaired) electrons. The summed E-state index contributed by atoms with van der Waals surface area (Å²) in [4.78, 5) is 0. The maximum atomic E-state index is 3.39. The van der Waals surface area contributed by atoms with E-state index < -0.39 is 0 Å². The van der Waals surface area contributed by atoms with E-state index in [0.717, 1.165) is 6.54 Å². The molecule has 0 fully saturated rings. The summed E-state index contributed by atoms with van der Waals surface area (Å²) in [6.45, 7) is 5.45. The van der Waals surface area contributed by atoms with Crippen LogP contribution in [0, 0.1) is 0 Å². The van der Waals surface area contributed by atoms with Crippen molar-refractivity contribution in [3.63, 3.8) is 0 Å². The average molecular weight is 201 g/mol. The Hall–Kier alpha value is 0.01000. The summed E-state index contributed by atoms with van der Waals surface area (Å²) in [6.07, 6.45) is 0. The molecule has 1 aromatic rings. The maximum absolute atomic E-state index is 3.39. The van der Waals surface area contributed by atoms with Gasteiger partial charge in [-0.2, -0.15) is 0 Å². The van der Waals surface area contributed by atoms with Crippen LogP contribution < -0.4 is 5.32 Å². The SMILES string of the molecule is CC(C)NCCSc1cccs1. The van der Waals surface area contributed by atoms with Gasteiger partial charge in [0.25, 0.3) is 0 Å². The average Bonchev–Trinajstić information content (AvgIpc) is 2.49. The third kappa shape index (κ3) is 4.14. The molecule has 3 heteroatoms. The zero-order chi connectivity index (χ0) is 8.81. The van der Waals surface area contributed by atoms with Crippen molar-refractivity contribution in [2.45, 2.75) is 24.1 Å². The first kappa shape index (κ1) is 10.1. The molecule has 0 aliphatic heterocycles. The van der Waals surface area contributed by atoms with E-state index in [1.54, 1.807) is 0 Å². The van der Waals surface area contributed by atoms with Gasteiger partial charge in [-0.25, -0.2) is 0 Å². The highest BCUT2D eigenvalue weighted by molar-refractivity contribution is 8.01. The molecular formula is C9H15NS2. The van der Waals surface area contributed by atoms with Gasteiger partial charge in [0.05, 0.1) is 4.21 Å². The van der Waals surface area contributed by atoms with Gasteiger partial charge in [0.15, 0.2) is 0 Å². The molecular weight excluding hydrogens is 186 g/mol. The zero-order valence-corrected chi connectivity index (χ0v) is 9.17. The first-order valence-corrected chi connectivity index (χ1v) is 6.05. The third-order valence-corrected chi connectivity index (χ3v) is 3.53. The first-order chi connectivity index (χ1) is 5.79. The van der Waals surface area contributed by atoms with Crippen LogP contribution in [0.1, 0.15) is 13.8 Å². The Morgan fingerprint density at radius 3 is 3.00 bits per heavy atom. The van der Waals surface area contributed by atoms with Gasteiger partial charge in [0.2, 0.25) is 0 Å². The fourth-order valence-electron chi connectivity index (χ4n) is 0.845. The van der Waals surface area contributed by atoms with E-state index in [2.05, 4.69) is 36.7 Å². The summed E-state index contributed by atoms with van der Waals surface area (Å²) in [6, 6.07) is 4.88. The highest BCUT2D eigenvalue weighted by Gasteiger charge is 1.94. The third-order valence-electron chi connectivity index (χ3n) is 1.39. The van der Waals surface area contributed by atoms with Crippen molar-refractivity contribution in [2.75, 3.05) is 12.3 Å². The molecule has 0 aromatic carbocycles. The van der Waals surface area contributed by atoms with Crippen LogP contribution in [0.2, 0.25) is 0 Å². The predicted molar refractivity (Wildman–Crippen MR) is 58.2 cm³/mol. The second-order valence-electron chi connectivity index (χ2n) is 2.89. The van der Waals surface area contributed by atoms with Gasteiger partial charge in [-0.3, -0.25) is 0 Å². The Bertz CT molecular complexity index is 194. The minimum absolute atomic E-state index is 0.605. The second kappa shape index (κ2) is 5.62. The van der Waals surface area contributed by atoms with Crippen LogP contribution in [0.15, 0.2) is 21.7 Å². The Morgan fingerprint density at radius 2 is 2.42 bits per heavy atom. The first-order valence-electron chi connectivity index (χ1n) is 4.18. The second-order valence-corrected chi connectivity index (χ2v) is 5.23. The van der Waals surface area contributed by atoms with Crippen molar-refractivity contribution in [3.05, 3.63) is 17.5 Å². The van der Waals surface area contributed by atoms with Crippen LogP contribution in [0.4, 0.5) is 0 Å². The van der Waals surface area contributed by atoms with Gasteiger partial charge < -0.3 is 5.32 Å². The highest BCUT2D eigenvalue weighted by Crippen LogP contribution is 2.22. The molecule has 0 unspecified atom stereocenters. The van der Waals surface area contributed by atoms with Gasteiger partial charge in [0.1, 0.15) is 0 Å². The summed E-state index contributed by atoms with van der Waals surface area (Å²) in [7, 11) is 0. The smallest absolute Gasteiger partial charge is 0.0598 e. The molecule has 0 aliphatic rings.